The molecule has 3 aromatic heterocycles. The lowest BCUT2D eigenvalue weighted by Crippen LogP contribution is -2.33. The average Bonchev–Trinajstić information content (AvgIpc) is 3.09. The van der Waals surface area contributed by atoms with Gasteiger partial charge in [-0.15, -0.1) is 11.3 Å². The molecule has 0 amide bonds. The highest BCUT2D eigenvalue weighted by Gasteiger charge is 2.33. The summed E-state index contributed by atoms with van der Waals surface area (Å²) in [5.41, 5.74) is 4.55. The van der Waals surface area contributed by atoms with Gasteiger partial charge < -0.3 is 4.74 Å². The van der Waals surface area contributed by atoms with Crippen molar-refractivity contribution in [2.24, 2.45) is 5.84 Å². The Bertz CT molecular complexity index is 840. The molecule has 1 atom stereocenters. The standard InChI is InChI=1S/C13H16N6OS/c1-3-13(2)4-7-8(5-20-13)21-11-9(7)10-15-6-16-19(10)12(17-11)18-14/h6H,3-5,14H2,1-2H3,(H,17,18). The largest absolute Gasteiger partial charge is 0.369 e. The topological polar surface area (TPSA) is 90.4 Å². The summed E-state index contributed by atoms with van der Waals surface area (Å²) in [6, 6.07) is 0. The van der Waals surface area contributed by atoms with E-state index in [1.54, 1.807) is 15.9 Å². The average molecular weight is 304 g/mol. The molecule has 0 bridgehead atoms. The van der Waals surface area contributed by atoms with Crippen LogP contribution in [0.3, 0.4) is 0 Å². The second-order valence-corrected chi connectivity index (χ2v) is 6.61. The second kappa shape index (κ2) is 4.36. The van der Waals surface area contributed by atoms with Crippen LogP contribution in [-0.4, -0.2) is 25.2 Å². The molecule has 0 saturated heterocycles. The first-order valence-electron chi connectivity index (χ1n) is 6.90. The van der Waals surface area contributed by atoms with Crippen molar-refractivity contribution in [1.29, 1.82) is 0 Å². The van der Waals surface area contributed by atoms with Crippen LogP contribution >= 0.6 is 11.3 Å². The molecule has 3 N–H and O–H groups in total. The third-order valence-electron chi connectivity index (χ3n) is 4.23. The maximum absolute atomic E-state index is 6.02. The van der Waals surface area contributed by atoms with Gasteiger partial charge in [-0.2, -0.15) is 9.61 Å². The number of thiophene rings is 1. The van der Waals surface area contributed by atoms with Crippen molar-refractivity contribution in [2.45, 2.75) is 38.9 Å². The quantitative estimate of drug-likeness (QED) is 0.555. The number of fused-ring (bicyclic) bond motifs is 5. The third-order valence-corrected chi connectivity index (χ3v) is 5.33. The van der Waals surface area contributed by atoms with Gasteiger partial charge >= 0.3 is 0 Å². The number of nitrogens with zero attached hydrogens (tertiary/aromatic N) is 4. The highest BCUT2D eigenvalue weighted by atomic mass is 32.1. The van der Waals surface area contributed by atoms with Crippen molar-refractivity contribution in [3.05, 3.63) is 16.8 Å². The van der Waals surface area contributed by atoms with Crippen LogP contribution in [-0.2, 0) is 17.8 Å². The van der Waals surface area contributed by atoms with Crippen LogP contribution in [0.5, 0.6) is 0 Å². The van der Waals surface area contributed by atoms with E-state index in [-0.39, 0.29) is 5.60 Å². The fraction of sp³-hybridized carbons (Fsp3) is 0.462. The van der Waals surface area contributed by atoms with Crippen molar-refractivity contribution in [1.82, 2.24) is 19.6 Å². The number of hydrazine groups is 1. The molecule has 0 radical (unpaired) electrons. The van der Waals surface area contributed by atoms with Crippen molar-refractivity contribution in [3.8, 4) is 0 Å². The van der Waals surface area contributed by atoms with E-state index in [2.05, 4.69) is 34.3 Å². The molecule has 7 nitrogen and oxygen atoms in total. The second-order valence-electron chi connectivity index (χ2n) is 5.53. The number of aromatic nitrogens is 4. The summed E-state index contributed by atoms with van der Waals surface area (Å²) in [7, 11) is 0. The van der Waals surface area contributed by atoms with E-state index in [0.29, 0.717) is 12.6 Å². The van der Waals surface area contributed by atoms with Crippen molar-refractivity contribution in [2.75, 3.05) is 5.43 Å². The molecule has 0 spiro atoms. The number of nitrogen functional groups attached to an aromatic ring is 1. The molecular formula is C13H16N6OS. The Balaban J connectivity index is 2.04. The monoisotopic (exact) mass is 304 g/mol. The summed E-state index contributed by atoms with van der Waals surface area (Å²) < 4.78 is 7.67. The summed E-state index contributed by atoms with van der Waals surface area (Å²) >= 11 is 1.65. The van der Waals surface area contributed by atoms with E-state index >= 15 is 0 Å². The lowest BCUT2D eigenvalue weighted by Gasteiger charge is -2.32. The molecule has 0 aliphatic carbocycles. The Kier molecular flexibility index (Phi) is 2.69. The van der Waals surface area contributed by atoms with Crippen molar-refractivity contribution >= 4 is 33.1 Å². The molecule has 1 aliphatic heterocycles. The molecule has 0 saturated carbocycles. The van der Waals surface area contributed by atoms with Gasteiger partial charge in [0, 0.05) is 11.3 Å². The first-order valence-corrected chi connectivity index (χ1v) is 7.71. The number of hydrogen-bond acceptors (Lipinski definition) is 7. The van der Waals surface area contributed by atoms with Crippen LogP contribution in [0.2, 0.25) is 0 Å². The number of hydrogen-bond donors (Lipinski definition) is 2. The zero-order valence-electron chi connectivity index (χ0n) is 11.9. The smallest absolute Gasteiger partial charge is 0.241 e. The van der Waals surface area contributed by atoms with Crippen LogP contribution in [0, 0.1) is 0 Å². The van der Waals surface area contributed by atoms with Gasteiger partial charge in [0.1, 0.15) is 11.2 Å². The van der Waals surface area contributed by atoms with E-state index in [1.807, 2.05) is 0 Å². The van der Waals surface area contributed by atoms with Gasteiger partial charge in [0.15, 0.2) is 5.65 Å². The van der Waals surface area contributed by atoms with E-state index in [0.717, 1.165) is 28.7 Å². The summed E-state index contributed by atoms with van der Waals surface area (Å²) in [5, 5.41) is 5.28. The Morgan fingerprint density at radius 1 is 1.57 bits per heavy atom. The summed E-state index contributed by atoms with van der Waals surface area (Å²) in [6.07, 6.45) is 3.38. The van der Waals surface area contributed by atoms with Crippen molar-refractivity contribution in [3.63, 3.8) is 0 Å². The van der Waals surface area contributed by atoms with Gasteiger partial charge in [0.05, 0.1) is 17.6 Å². The molecule has 3 aromatic rings. The van der Waals surface area contributed by atoms with E-state index in [9.17, 15) is 0 Å². The molecule has 4 heterocycles. The Labute approximate surface area is 125 Å². The molecular weight excluding hydrogens is 288 g/mol. The van der Waals surface area contributed by atoms with E-state index < -0.39 is 0 Å². The van der Waals surface area contributed by atoms with E-state index in [4.69, 9.17) is 10.6 Å². The van der Waals surface area contributed by atoms with Gasteiger partial charge in [0.2, 0.25) is 5.95 Å². The zero-order valence-corrected chi connectivity index (χ0v) is 12.7. The Morgan fingerprint density at radius 3 is 3.19 bits per heavy atom. The highest BCUT2D eigenvalue weighted by Crippen LogP contribution is 2.41. The van der Waals surface area contributed by atoms with Gasteiger partial charge in [-0.25, -0.2) is 15.8 Å². The van der Waals surface area contributed by atoms with Gasteiger partial charge in [-0.05, 0) is 18.9 Å². The number of nitrogens with two attached hydrogens (primary N) is 1. The van der Waals surface area contributed by atoms with Crippen molar-refractivity contribution < 1.29 is 4.74 Å². The van der Waals surface area contributed by atoms with Gasteiger partial charge in [0.25, 0.3) is 0 Å². The van der Waals surface area contributed by atoms with Crippen LogP contribution < -0.4 is 11.3 Å². The minimum atomic E-state index is -0.122. The molecule has 4 rings (SSSR count). The highest BCUT2D eigenvalue weighted by molar-refractivity contribution is 7.19. The molecule has 1 unspecified atom stereocenters. The van der Waals surface area contributed by atoms with Crippen LogP contribution in [0.4, 0.5) is 5.95 Å². The zero-order chi connectivity index (χ0) is 14.6. The lowest BCUT2D eigenvalue weighted by atomic mass is 9.90. The fourth-order valence-corrected chi connectivity index (χ4v) is 3.90. The van der Waals surface area contributed by atoms with Crippen LogP contribution in [0.1, 0.15) is 30.7 Å². The lowest BCUT2D eigenvalue weighted by molar-refractivity contribution is -0.0542. The van der Waals surface area contributed by atoms with Gasteiger partial charge in [-0.3, -0.25) is 5.43 Å². The summed E-state index contributed by atoms with van der Waals surface area (Å²) in [4.78, 5) is 11.1. The van der Waals surface area contributed by atoms with Crippen LogP contribution in [0.25, 0.3) is 15.9 Å². The summed E-state index contributed by atoms with van der Waals surface area (Å²) in [5.74, 6) is 6.03. The molecule has 21 heavy (non-hydrogen) atoms. The van der Waals surface area contributed by atoms with Gasteiger partial charge in [-0.1, -0.05) is 6.92 Å². The number of rotatable bonds is 2. The molecule has 110 valence electrons. The first-order chi connectivity index (χ1) is 10.1. The first kappa shape index (κ1) is 12.9. The maximum atomic E-state index is 6.02. The molecule has 0 aromatic carbocycles. The molecule has 8 heteroatoms. The van der Waals surface area contributed by atoms with Crippen LogP contribution in [0.15, 0.2) is 6.33 Å². The number of anilines is 1. The SMILES string of the molecule is CCC1(C)Cc2c(sc3nc(NN)n4ncnc4c23)CO1. The predicted molar refractivity (Wildman–Crippen MR) is 81.2 cm³/mol. The maximum Gasteiger partial charge on any atom is 0.241 e. The van der Waals surface area contributed by atoms with E-state index in [1.165, 1.54) is 16.8 Å². The minimum Gasteiger partial charge on any atom is -0.369 e. The minimum absolute atomic E-state index is 0.122. The normalized spacial score (nSPS) is 21.9. The predicted octanol–water partition coefficient (Wildman–Crippen LogP) is 1.87. The number of ether oxygens (including phenoxy) is 1. The fourth-order valence-electron chi connectivity index (χ4n) is 2.81. The third kappa shape index (κ3) is 1.76. The molecule has 0 fully saturated rings. The Hall–Kier alpha value is -1.77. The number of nitrogens with one attached hydrogen (secondary N) is 1. The molecule has 1 aliphatic rings. The Morgan fingerprint density at radius 2 is 2.43 bits per heavy atom. The summed E-state index contributed by atoms with van der Waals surface area (Å²) in [6.45, 7) is 4.94.